The molecule has 0 aliphatic rings. The van der Waals surface area contributed by atoms with Crippen LogP contribution in [-0.2, 0) is 24.2 Å². The molecule has 32 heavy (non-hydrogen) atoms. The van der Waals surface area contributed by atoms with Crippen LogP contribution >= 0.6 is 0 Å². The summed E-state index contributed by atoms with van der Waals surface area (Å²) in [6, 6.07) is 11.0. The van der Waals surface area contributed by atoms with Crippen LogP contribution in [0.1, 0.15) is 12.8 Å². The number of hydrogen-bond donors (Lipinski definition) is 1. The number of anilines is 1. The molecule has 0 bridgehead atoms. The summed E-state index contributed by atoms with van der Waals surface area (Å²) in [6.45, 7) is 3.27. The van der Waals surface area contributed by atoms with Crippen molar-refractivity contribution < 1.29 is 22.6 Å². The Kier molecular flexibility index (Phi) is 11.5. The van der Waals surface area contributed by atoms with E-state index >= 15 is 0 Å². The Hall–Kier alpha value is -2.11. The summed E-state index contributed by atoms with van der Waals surface area (Å²) in [5.41, 5.74) is 0.969. The number of rotatable bonds is 17. The van der Waals surface area contributed by atoms with Gasteiger partial charge in [-0.1, -0.05) is 29.4 Å². The maximum absolute atomic E-state index is 12.8. The summed E-state index contributed by atoms with van der Waals surface area (Å²) < 4.78 is 44.4. The molecule has 0 saturated carbocycles. The lowest BCUT2D eigenvalue weighted by molar-refractivity contribution is 0.0142. The van der Waals surface area contributed by atoms with Crippen LogP contribution in [0.15, 0.2) is 46.5 Å². The zero-order valence-electron chi connectivity index (χ0n) is 18.8. The zero-order chi connectivity index (χ0) is 23.2. The highest BCUT2D eigenvalue weighted by Crippen LogP contribution is 2.30. The Morgan fingerprint density at radius 3 is 2.09 bits per heavy atom. The molecule has 0 heterocycles. The molecule has 10 heteroatoms. The lowest BCUT2D eigenvalue weighted by Gasteiger charge is -2.17. The van der Waals surface area contributed by atoms with E-state index in [4.69, 9.17) is 14.2 Å². The Labute approximate surface area is 190 Å². The topological polar surface area (TPSA) is 107 Å². The predicted molar refractivity (Wildman–Crippen MR) is 126 cm³/mol. The van der Waals surface area contributed by atoms with Crippen molar-refractivity contribution in [2.75, 3.05) is 71.7 Å². The second-order valence-corrected chi connectivity index (χ2v) is 9.05. The molecular formula is C22H33N3O6S. The maximum Gasteiger partial charge on any atom is 0.241 e. The molecule has 9 nitrogen and oxygen atoms in total. The van der Waals surface area contributed by atoms with E-state index in [1.807, 2.05) is 43.3 Å². The van der Waals surface area contributed by atoms with Crippen LogP contribution in [0.25, 0.3) is 10.8 Å². The third kappa shape index (κ3) is 8.44. The molecule has 2 aromatic carbocycles. The number of ether oxygens (including phenoxy) is 3. The van der Waals surface area contributed by atoms with Crippen molar-refractivity contribution in [1.82, 2.24) is 4.72 Å². The van der Waals surface area contributed by atoms with Gasteiger partial charge in [-0.05, 0) is 25.0 Å². The van der Waals surface area contributed by atoms with E-state index < -0.39 is 10.0 Å². The van der Waals surface area contributed by atoms with E-state index in [-0.39, 0.29) is 18.0 Å². The van der Waals surface area contributed by atoms with Crippen LogP contribution < -0.4 is 9.62 Å². The third-order valence-electron chi connectivity index (χ3n) is 4.67. The molecule has 0 aromatic heterocycles. The van der Waals surface area contributed by atoms with Crippen LogP contribution in [-0.4, -0.2) is 75.2 Å². The average Bonchev–Trinajstić information content (AvgIpc) is 2.78. The number of nitrogens with zero attached hydrogens (tertiary/aromatic N) is 2. The number of benzene rings is 2. The molecule has 1 N–H and O–H groups in total. The summed E-state index contributed by atoms with van der Waals surface area (Å²) in [4.78, 5) is 12.2. The van der Waals surface area contributed by atoms with Gasteiger partial charge in [-0.2, -0.15) is 4.91 Å². The predicted octanol–water partition coefficient (Wildman–Crippen LogP) is 2.78. The van der Waals surface area contributed by atoms with Crippen molar-refractivity contribution in [2.24, 2.45) is 5.18 Å². The Morgan fingerprint density at radius 2 is 1.44 bits per heavy atom. The molecule has 0 saturated heterocycles. The van der Waals surface area contributed by atoms with Crippen LogP contribution in [0.4, 0.5) is 5.69 Å². The molecule has 0 atom stereocenters. The molecular weight excluding hydrogens is 434 g/mol. The van der Waals surface area contributed by atoms with Crippen molar-refractivity contribution >= 4 is 26.5 Å². The van der Waals surface area contributed by atoms with Crippen LogP contribution in [0.2, 0.25) is 0 Å². The van der Waals surface area contributed by atoms with E-state index in [1.165, 1.54) is 0 Å². The lowest BCUT2D eigenvalue weighted by Crippen LogP contribution is -2.26. The number of nitroso groups, excluding NO2 is 1. The minimum absolute atomic E-state index is 0.268. The first-order chi connectivity index (χ1) is 15.5. The minimum atomic E-state index is -3.63. The number of sulfonamides is 1. The Bertz CT molecular complexity index is 936. The molecule has 0 spiro atoms. The first-order valence-corrected chi connectivity index (χ1v) is 12.2. The molecule has 0 unspecified atom stereocenters. The summed E-state index contributed by atoms with van der Waals surface area (Å²) in [5, 5.41) is 4.35. The monoisotopic (exact) mass is 467 g/mol. The first kappa shape index (κ1) is 26.1. The molecule has 2 rings (SSSR count). The summed E-state index contributed by atoms with van der Waals surface area (Å²) >= 11 is 0. The van der Waals surface area contributed by atoms with Gasteiger partial charge in [0.25, 0.3) is 0 Å². The van der Waals surface area contributed by atoms with Gasteiger partial charge in [0.2, 0.25) is 10.0 Å². The van der Waals surface area contributed by atoms with Gasteiger partial charge in [-0.15, -0.1) is 0 Å². The summed E-state index contributed by atoms with van der Waals surface area (Å²) in [6.07, 6.45) is 1.18. The van der Waals surface area contributed by atoms with E-state index in [0.717, 1.165) is 11.1 Å². The van der Waals surface area contributed by atoms with Gasteiger partial charge in [0.05, 0.1) is 37.9 Å². The van der Waals surface area contributed by atoms with Gasteiger partial charge in [-0.25, -0.2) is 13.1 Å². The second kappa shape index (κ2) is 14.1. The summed E-state index contributed by atoms with van der Waals surface area (Å²) in [5.74, 6) is 0. The lowest BCUT2D eigenvalue weighted by atomic mass is 10.1. The van der Waals surface area contributed by atoms with E-state index in [9.17, 15) is 13.3 Å². The number of nitrogens with one attached hydrogen (secondary N) is 1. The van der Waals surface area contributed by atoms with Crippen LogP contribution in [0.5, 0.6) is 0 Å². The van der Waals surface area contributed by atoms with Gasteiger partial charge >= 0.3 is 0 Å². The standard InChI is InChI=1S/C22H33N3O6S/c1-25(2)21-9-3-8-20-19(21)7-4-10-22(20)32(27,28)24-12-6-14-30-16-18-31-17-15-29-13-5-11-23-26/h3-4,7-10,24H,5-6,11-18H2,1-2H3. The molecule has 0 aliphatic heterocycles. The van der Waals surface area contributed by atoms with Crippen molar-refractivity contribution in [1.29, 1.82) is 0 Å². The highest BCUT2D eigenvalue weighted by atomic mass is 32.2. The van der Waals surface area contributed by atoms with Gasteiger partial charge in [-0.3, -0.25) is 0 Å². The maximum atomic E-state index is 12.8. The fourth-order valence-electron chi connectivity index (χ4n) is 3.12. The van der Waals surface area contributed by atoms with Crippen LogP contribution in [0.3, 0.4) is 0 Å². The zero-order valence-corrected chi connectivity index (χ0v) is 19.6. The van der Waals surface area contributed by atoms with E-state index in [2.05, 4.69) is 9.90 Å². The Balaban J connectivity index is 1.66. The molecule has 0 amide bonds. The van der Waals surface area contributed by atoms with Crippen molar-refractivity contribution in [3.05, 3.63) is 41.3 Å². The van der Waals surface area contributed by atoms with Gasteiger partial charge in [0.1, 0.15) is 0 Å². The van der Waals surface area contributed by atoms with E-state index in [1.54, 1.807) is 12.1 Å². The Morgan fingerprint density at radius 1 is 0.844 bits per heavy atom. The van der Waals surface area contributed by atoms with Gasteiger partial charge < -0.3 is 19.1 Å². The molecule has 0 radical (unpaired) electrons. The average molecular weight is 468 g/mol. The normalized spacial score (nSPS) is 11.7. The number of hydrogen-bond acceptors (Lipinski definition) is 8. The second-order valence-electron chi connectivity index (χ2n) is 7.32. The van der Waals surface area contributed by atoms with Crippen LogP contribution in [0, 0.1) is 4.91 Å². The minimum Gasteiger partial charge on any atom is -0.379 e. The van der Waals surface area contributed by atoms with Crippen molar-refractivity contribution in [2.45, 2.75) is 17.7 Å². The van der Waals surface area contributed by atoms with E-state index in [0.29, 0.717) is 57.9 Å². The molecule has 0 fully saturated rings. The quantitative estimate of drug-likeness (QED) is 0.282. The SMILES string of the molecule is CN(C)c1cccc2c(S(=O)(=O)NCCCOCCOCCOCCCN=O)cccc12. The molecule has 2 aromatic rings. The first-order valence-electron chi connectivity index (χ1n) is 10.7. The fourth-order valence-corrected chi connectivity index (χ4v) is 4.41. The number of fused-ring (bicyclic) bond motifs is 1. The van der Waals surface area contributed by atoms with Crippen molar-refractivity contribution in [3.63, 3.8) is 0 Å². The van der Waals surface area contributed by atoms with Gasteiger partial charge in [0.15, 0.2) is 0 Å². The highest BCUT2D eigenvalue weighted by molar-refractivity contribution is 7.89. The fraction of sp³-hybridized carbons (Fsp3) is 0.545. The third-order valence-corrected chi connectivity index (χ3v) is 6.19. The molecule has 178 valence electrons. The summed E-state index contributed by atoms with van der Waals surface area (Å²) in [7, 11) is 0.236. The van der Waals surface area contributed by atoms with Gasteiger partial charge in [0, 0.05) is 50.3 Å². The smallest absolute Gasteiger partial charge is 0.241 e. The highest BCUT2D eigenvalue weighted by Gasteiger charge is 2.17. The largest absolute Gasteiger partial charge is 0.379 e. The van der Waals surface area contributed by atoms with Crippen molar-refractivity contribution in [3.8, 4) is 0 Å². The molecule has 0 aliphatic carbocycles.